The Hall–Kier alpha value is -0.680. The largest absolute Gasteiger partial charge is 0.494 e. The van der Waals surface area contributed by atoms with Crippen LogP contribution in [0.2, 0.25) is 0 Å². The maximum absolute atomic E-state index is 11.8. The van der Waals surface area contributed by atoms with Crippen LogP contribution in [-0.2, 0) is 9.84 Å². The van der Waals surface area contributed by atoms with Gasteiger partial charge in [-0.1, -0.05) is 6.92 Å². The van der Waals surface area contributed by atoms with E-state index in [0.717, 1.165) is 0 Å². The molecule has 5 heteroatoms. The molecule has 0 aliphatic rings. The lowest BCUT2D eigenvalue weighted by Gasteiger charge is -2.07. The van der Waals surface area contributed by atoms with Crippen molar-refractivity contribution in [3.05, 3.63) is 24.3 Å². The summed E-state index contributed by atoms with van der Waals surface area (Å²) < 4.78 is 28.9. The molecule has 0 radical (unpaired) electrons. The van der Waals surface area contributed by atoms with Gasteiger partial charge in [-0.3, -0.25) is 0 Å². The fraction of sp³-hybridized carbons (Fsp3) is 0.455. The van der Waals surface area contributed by atoms with Gasteiger partial charge >= 0.3 is 0 Å². The van der Waals surface area contributed by atoms with Crippen molar-refractivity contribution in [1.82, 2.24) is 0 Å². The first-order chi connectivity index (χ1) is 7.45. The fourth-order valence-corrected chi connectivity index (χ4v) is 3.29. The molecule has 1 rings (SSSR count). The monoisotopic (exact) mass is 260 g/mol. The molecule has 90 valence electrons. The smallest absolute Gasteiger partial charge is 0.179 e. The topological polar surface area (TPSA) is 43.4 Å². The molecular formula is C11H16O3S2. The van der Waals surface area contributed by atoms with Gasteiger partial charge in [-0.15, -0.1) is 0 Å². The quantitative estimate of drug-likeness (QED) is 0.825. The van der Waals surface area contributed by atoms with Crippen LogP contribution in [0, 0.1) is 0 Å². The molecule has 0 fully saturated rings. The Morgan fingerprint density at radius 2 is 1.88 bits per heavy atom. The van der Waals surface area contributed by atoms with Gasteiger partial charge in [0, 0.05) is 5.25 Å². The molecule has 16 heavy (non-hydrogen) atoms. The van der Waals surface area contributed by atoms with E-state index in [9.17, 15) is 8.42 Å². The fourth-order valence-electron chi connectivity index (χ4n) is 1.32. The van der Waals surface area contributed by atoms with Crippen molar-refractivity contribution in [3.63, 3.8) is 0 Å². The summed E-state index contributed by atoms with van der Waals surface area (Å²) in [5, 5.41) is -0.170. The van der Waals surface area contributed by atoms with Crippen LogP contribution < -0.4 is 4.74 Å². The van der Waals surface area contributed by atoms with E-state index in [1.807, 2.05) is 6.92 Å². The highest BCUT2D eigenvalue weighted by atomic mass is 32.2. The van der Waals surface area contributed by atoms with Gasteiger partial charge in [0.1, 0.15) is 5.75 Å². The Kier molecular flexibility index (Phi) is 4.68. The zero-order valence-corrected chi connectivity index (χ0v) is 11.1. The van der Waals surface area contributed by atoms with Crippen molar-refractivity contribution in [2.24, 2.45) is 0 Å². The first kappa shape index (κ1) is 13.4. The number of rotatable bonds is 5. The SMILES string of the molecule is CCOc1ccc(S(=O)(=O)CC(C)S)cc1. The molecule has 1 atom stereocenters. The molecule has 0 aromatic heterocycles. The molecule has 0 N–H and O–H groups in total. The molecule has 0 aliphatic carbocycles. The highest BCUT2D eigenvalue weighted by Gasteiger charge is 2.16. The first-order valence-corrected chi connectivity index (χ1v) is 7.26. The molecule has 0 saturated carbocycles. The average molecular weight is 260 g/mol. The van der Waals surface area contributed by atoms with Crippen molar-refractivity contribution in [3.8, 4) is 5.75 Å². The van der Waals surface area contributed by atoms with Crippen molar-refractivity contribution < 1.29 is 13.2 Å². The summed E-state index contributed by atoms with van der Waals surface area (Å²) in [6.07, 6.45) is 0. The van der Waals surface area contributed by atoms with Gasteiger partial charge in [-0.2, -0.15) is 12.6 Å². The summed E-state index contributed by atoms with van der Waals surface area (Å²) in [4.78, 5) is 0.317. The summed E-state index contributed by atoms with van der Waals surface area (Å²) in [6, 6.07) is 6.46. The summed E-state index contributed by atoms with van der Waals surface area (Å²) >= 11 is 4.09. The number of hydrogen-bond acceptors (Lipinski definition) is 4. The van der Waals surface area contributed by atoms with Crippen molar-refractivity contribution in [1.29, 1.82) is 0 Å². The van der Waals surface area contributed by atoms with Crippen LogP contribution in [0.5, 0.6) is 5.75 Å². The Morgan fingerprint density at radius 3 is 2.31 bits per heavy atom. The van der Waals surface area contributed by atoms with Crippen molar-refractivity contribution in [2.75, 3.05) is 12.4 Å². The van der Waals surface area contributed by atoms with Gasteiger partial charge in [0.15, 0.2) is 9.84 Å². The summed E-state index contributed by atoms with van der Waals surface area (Å²) in [5.74, 6) is 0.727. The van der Waals surface area contributed by atoms with E-state index in [2.05, 4.69) is 12.6 Å². The Morgan fingerprint density at radius 1 is 1.31 bits per heavy atom. The number of sulfone groups is 1. The molecule has 3 nitrogen and oxygen atoms in total. The first-order valence-electron chi connectivity index (χ1n) is 5.09. The number of thiol groups is 1. The molecule has 1 aromatic carbocycles. The second-order valence-corrected chi connectivity index (χ2v) is 6.45. The second-order valence-electron chi connectivity index (χ2n) is 3.53. The van der Waals surface area contributed by atoms with E-state index < -0.39 is 9.84 Å². The number of benzene rings is 1. The highest BCUT2D eigenvalue weighted by Crippen LogP contribution is 2.18. The van der Waals surface area contributed by atoms with Crippen LogP contribution in [0.4, 0.5) is 0 Å². The highest BCUT2D eigenvalue weighted by molar-refractivity contribution is 7.92. The Bertz CT molecular complexity index is 421. The minimum atomic E-state index is -3.22. The van der Waals surface area contributed by atoms with Crippen LogP contribution in [-0.4, -0.2) is 26.0 Å². The van der Waals surface area contributed by atoms with E-state index in [1.165, 1.54) is 0 Å². The molecule has 1 aromatic rings. The molecule has 0 bridgehead atoms. The summed E-state index contributed by atoms with van der Waals surface area (Å²) in [6.45, 7) is 4.21. The predicted octanol–water partition coefficient (Wildman–Crippen LogP) is 2.18. The van der Waals surface area contributed by atoms with Gasteiger partial charge < -0.3 is 4.74 Å². The van der Waals surface area contributed by atoms with Crippen molar-refractivity contribution >= 4 is 22.5 Å². The zero-order chi connectivity index (χ0) is 12.2. The van der Waals surface area contributed by atoms with Gasteiger partial charge in [0.05, 0.1) is 17.3 Å². The maximum atomic E-state index is 11.8. The average Bonchev–Trinajstić information content (AvgIpc) is 2.17. The molecule has 0 heterocycles. The van der Waals surface area contributed by atoms with Crippen LogP contribution in [0.15, 0.2) is 29.2 Å². The lowest BCUT2D eigenvalue weighted by atomic mass is 10.3. The second kappa shape index (κ2) is 5.59. The van der Waals surface area contributed by atoms with Gasteiger partial charge in [-0.25, -0.2) is 8.42 Å². The Labute approximate surface area is 102 Å². The lowest BCUT2D eigenvalue weighted by molar-refractivity contribution is 0.340. The summed E-state index contributed by atoms with van der Waals surface area (Å²) in [7, 11) is -3.22. The number of hydrogen-bond donors (Lipinski definition) is 1. The molecular weight excluding hydrogens is 244 g/mol. The van der Waals surface area contributed by atoms with E-state index in [-0.39, 0.29) is 11.0 Å². The van der Waals surface area contributed by atoms with Gasteiger partial charge in [0.2, 0.25) is 0 Å². The van der Waals surface area contributed by atoms with E-state index >= 15 is 0 Å². The number of ether oxygens (including phenoxy) is 1. The predicted molar refractivity (Wildman–Crippen MR) is 68.1 cm³/mol. The molecule has 0 spiro atoms. The van der Waals surface area contributed by atoms with Crippen LogP contribution in [0.25, 0.3) is 0 Å². The van der Waals surface area contributed by atoms with Crippen LogP contribution in [0.1, 0.15) is 13.8 Å². The summed E-state index contributed by atoms with van der Waals surface area (Å²) in [5.41, 5.74) is 0. The standard InChI is InChI=1S/C11H16O3S2/c1-3-14-10-4-6-11(7-5-10)16(12,13)8-9(2)15/h4-7,9,15H,3,8H2,1-2H3. The minimum Gasteiger partial charge on any atom is -0.494 e. The molecule has 0 aliphatic heterocycles. The van der Waals surface area contributed by atoms with E-state index in [1.54, 1.807) is 31.2 Å². The normalized spacial score (nSPS) is 13.4. The third-order valence-electron chi connectivity index (χ3n) is 1.95. The van der Waals surface area contributed by atoms with E-state index in [4.69, 9.17) is 4.74 Å². The van der Waals surface area contributed by atoms with Crippen LogP contribution in [0.3, 0.4) is 0 Å². The van der Waals surface area contributed by atoms with E-state index in [0.29, 0.717) is 17.3 Å². The third kappa shape index (κ3) is 3.72. The van der Waals surface area contributed by atoms with Gasteiger partial charge in [-0.05, 0) is 31.2 Å². The Balaban J connectivity index is 2.89. The maximum Gasteiger partial charge on any atom is 0.179 e. The minimum absolute atomic E-state index is 0.0457. The molecule has 0 amide bonds. The lowest BCUT2D eigenvalue weighted by Crippen LogP contribution is -2.13. The van der Waals surface area contributed by atoms with Crippen LogP contribution >= 0.6 is 12.6 Å². The zero-order valence-electron chi connectivity index (χ0n) is 9.38. The van der Waals surface area contributed by atoms with Crippen molar-refractivity contribution in [2.45, 2.75) is 24.0 Å². The van der Waals surface area contributed by atoms with Gasteiger partial charge in [0.25, 0.3) is 0 Å². The molecule has 0 saturated heterocycles. The third-order valence-corrected chi connectivity index (χ3v) is 4.31. The molecule has 1 unspecified atom stereocenters.